The Labute approximate surface area is 305 Å². The highest BCUT2D eigenvalue weighted by Gasteiger charge is 2.27. The zero-order valence-electron chi connectivity index (χ0n) is 32.1. The summed E-state index contributed by atoms with van der Waals surface area (Å²) in [7, 11) is 1.45. The Morgan fingerprint density at radius 3 is 1.70 bits per heavy atom. The average Bonchev–Trinajstić information content (AvgIpc) is 3.06. The van der Waals surface area contributed by atoms with Crippen molar-refractivity contribution in [2.24, 2.45) is 0 Å². The van der Waals surface area contributed by atoms with Crippen LogP contribution in [-0.4, -0.2) is 74.9 Å². The molecule has 288 valence electrons. The number of carbonyl (C=O) groups is 2. The molecule has 0 bridgehead atoms. The van der Waals surface area contributed by atoms with Gasteiger partial charge in [-0.1, -0.05) is 120 Å². The van der Waals surface area contributed by atoms with Crippen molar-refractivity contribution in [1.82, 2.24) is 0 Å². The van der Waals surface area contributed by atoms with Crippen LogP contribution in [0.15, 0.2) is 60.8 Å². The lowest BCUT2D eigenvalue weighted by Crippen LogP contribution is -2.37. The van der Waals surface area contributed by atoms with Crippen molar-refractivity contribution in [2.45, 2.75) is 136 Å². The predicted molar refractivity (Wildman–Crippen MR) is 206 cm³/mol. The number of phosphoric acid groups is 1. The predicted octanol–water partition coefficient (Wildman–Crippen LogP) is 10.1. The Hall–Kier alpha value is -2.29. The molecular formula is C40H71NO8P+. The maximum atomic E-state index is 12.6. The van der Waals surface area contributed by atoms with Crippen LogP contribution < -0.4 is 0 Å². The molecular weight excluding hydrogens is 653 g/mol. The molecule has 2 unspecified atom stereocenters. The van der Waals surface area contributed by atoms with E-state index in [1.165, 1.54) is 0 Å². The molecule has 10 heteroatoms. The lowest BCUT2D eigenvalue weighted by Gasteiger charge is -2.24. The van der Waals surface area contributed by atoms with Crippen LogP contribution in [0.4, 0.5) is 0 Å². The first-order valence-corrected chi connectivity index (χ1v) is 20.5. The van der Waals surface area contributed by atoms with E-state index in [-0.39, 0.29) is 26.1 Å². The van der Waals surface area contributed by atoms with Gasteiger partial charge in [0.2, 0.25) is 0 Å². The SMILES string of the molecule is CC/C=C\C/C=C\C/C=C\C/C=C\C/C=C\CCCCCCCC(=O)OC(COC(=O)CCCCCCC)COP(=O)(O)OCC[N+](C)(C)C. The maximum absolute atomic E-state index is 12.6. The molecule has 0 aliphatic carbocycles. The summed E-state index contributed by atoms with van der Waals surface area (Å²) in [4.78, 5) is 34.9. The number of ether oxygens (including phenoxy) is 2. The van der Waals surface area contributed by atoms with Gasteiger partial charge in [-0.25, -0.2) is 4.57 Å². The van der Waals surface area contributed by atoms with Gasteiger partial charge in [0.15, 0.2) is 6.10 Å². The van der Waals surface area contributed by atoms with Gasteiger partial charge < -0.3 is 18.9 Å². The van der Waals surface area contributed by atoms with E-state index < -0.39 is 32.5 Å². The standard InChI is InChI=1S/C40H70NO8P/c1-6-8-10-12-13-14-15-16-17-18-19-20-21-22-23-24-25-26-27-29-31-33-40(43)49-38(36-46-39(42)32-30-28-11-9-7-2)37-48-50(44,45)47-35-34-41(3,4)5/h8,10,13-14,16-17,19-20,22-23,38H,6-7,9,11-12,15,18,21,24-37H2,1-5H3/p+1/b10-8-,14-13-,17-16-,20-19-,23-22-. The third kappa shape index (κ3) is 35.5. The minimum atomic E-state index is -4.37. The Balaban J connectivity index is 4.32. The molecule has 9 nitrogen and oxygen atoms in total. The second-order valence-electron chi connectivity index (χ2n) is 13.6. The molecule has 0 radical (unpaired) electrons. The molecule has 50 heavy (non-hydrogen) atoms. The van der Waals surface area contributed by atoms with Crippen molar-refractivity contribution in [1.29, 1.82) is 0 Å². The molecule has 0 aliphatic rings. The number of allylic oxidation sites excluding steroid dienone is 10. The third-order valence-corrected chi connectivity index (χ3v) is 8.55. The zero-order valence-corrected chi connectivity index (χ0v) is 33.0. The molecule has 0 aromatic carbocycles. The number of likely N-dealkylation sites (N-methyl/N-ethyl adjacent to an activating group) is 1. The summed E-state index contributed by atoms with van der Waals surface area (Å²) in [6.07, 6.45) is 37.4. The van der Waals surface area contributed by atoms with E-state index >= 15 is 0 Å². The van der Waals surface area contributed by atoms with Crippen LogP contribution in [0.2, 0.25) is 0 Å². The van der Waals surface area contributed by atoms with Crippen LogP contribution in [0.25, 0.3) is 0 Å². The summed E-state index contributed by atoms with van der Waals surface area (Å²) in [5.74, 6) is -0.842. The van der Waals surface area contributed by atoms with Gasteiger partial charge in [0, 0.05) is 12.8 Å². The zero-order chi connectivity index (χ0) is 37.2. The molecule has 0 fully saturated rings. The fourth-order valence-electron chi connectivity index (χ4n) is 4.57. The first kappa shape index (κ1) is 47.7. The molecule has 0 rings (SSSR count). The molecule has 0 aromatic heterocycles. The number of phosphoric ester groups is 1. The number of quaternary nitrogens is 1. The molecule has 0 heterocycles. The highest BCUT2D eigenvalue weighted by atomic mass is 31.2. The van der Waals surface area contributed by atoms with Crippen LogP contribution >= 0.6 is 7.82 Å². The van der Waals surface area contributed by atoms with Gasteiger partial charge in [-0.05, 0) is 57.8 Å². The van der Waals surface area contributed by atoms with E-state index in [4.69, 9.17) is 18.5 Å². The van der Waals surface area contributed by atoms with Gasteiger partial charge in [0.1, 0.15) is 19.8 Å². The molecule has 0 amide bonds. The maximum Gasteiger partial charge on any atom is 0.472 e. The monoisotopic (exact) mass is 724 g/mol. The van der Waals surface area contributed by atoms with Crippen molar-refractivity contribution in [3.63, 3.8) is 0 Å². The second-order valence-corrected chi connectivity index (χ2v) is 15.0. The number of hydrogen-bond donors (Lipinski definition) is 1. The number of esters is 2. The topological polar surface area (TPSA) is 108 Å². The fraction of sp³-hybridized carbons (Fsp3) is 0.700. The molecule has 2 atom stereocenters. The molecule has 0 spiro atoms. The normalized spacial score (nSPS) is 14.4. The van der Waals surface area contributed by atoms with E-state index in [0.717, 1.165) is 96.3 Å². The Morgan fingerprint density at radius 1 is 0.640 bits per heavy atom. The van der Waals surface area contributed by atoms with Gasteiger partial charge in [-0.2, -0.15) is 0 Å². The first-order chi connectivity index (χ1) is 24.0. The largest absolute Gasteiger partial charge is 0.472 e. The summed E-state index contributed by atoms with van der Waals surface area (Å²) in [6.45, 7) is 4.15. The molecule has 0 aromatic rings. The Morgan fingerprint density at radius 2 is 1.14 bits per heavy atom. The summed E-state index contributed by atoms with van der Waals surface area (Å²) in [5, 5.41) is 0. The van der Waals surface area contributed by atoms with E-state index in [9.17, 15) is 19.0 Å². The van der Waals surface area contributed by atoms with Gasteiger partial charge in [-0.3, -0.25) is 18.6 Å². The van der Waals surface area contributed by atoms with E-state index in [1.54, 1.807) is 0 Å². The van der Waals surface area contributed by atoms with Crippen LogP contribution in [0, 0.1) is 0 Å². The molecule has 0 aliphatic heterocycles. The second kappa shape index (κ2) is 32.6. The minimum absolute atomic E-state index is 0.0249. The van der Waals surface area contributed by atoms with E-state index in [1.807, 2.05) is 21.1 Å². The van der Waals surface area contributed by atoms with Crippen molar-refractivity contribution in [3.8, 4) is 0 Å². The summed E-state index contributed by atoms with van der Waals surface area (Å²) < 4.78 is 33.9. The summed E-state index contributed by atoms with van der Waals surface area (Å²) >= 11 is 0. The van der Waals surface area contributed by atoms with Crippen LogP contribution in [0.1, 0.15) is 129 Å². The summed E-state index contributed by atoms with van der Waals surface area (Å²) in [5.41, 5.74) is 0. The minimum Gasteiger partial charge on any atom is -0.462 e. The lowest BCUT2D eigenvalue weighted by atomic mass is 10.1. The molecule has 0 saturated carbocycles. The molecule has 0 saturated heterocycles. The smallest absolute Gasteiger partial charge is 0.462 e. The van der Waals surface area contributed by atoms with Crippen molar-refractivity contribution >= 4 is 19.8 Å². The number of carbonyl (C=O) groups excluding carboxylic acids is 2. The van der Waals surface area contributed by atoms with Crippen LogP contribution in [0.3, 0.4) is 0 Å². The van der Waals surface area contributed by atoms with Crippen molar-refractivity contribution in [2.75, 3.05) is 47.5 Å². The van der Waals surface area contributed by atoms with Crippen molar-refractivity contribution in [3.05, 3.63) is 60.8 Å². The van der Waals surface area contributed by atoms with E-state index in [2.05, 4.69) is 74.6 Å². The number of nitrogens with zero attached hydrogens (tertiary/aromatic N) is 1. The Bertz CT molecular complexity index is 1040. The third-order valence-electron chi connectivity index (χ3n) is 7.56. The summed E-state index contributed by atoms with van der Waals surface area (Å²) in [6, 6.07) is 0. The highest BCUT2D eigenvalue weighted by Crippen LogP contribution is 2.43. The van der Waals surface area contributed by atoms with Gasteiger partial charge in [0.25, 0.3) is 0 Å². The first-order valence-electron chi connectivity index (χ1n) is 19.0. The fourth-order valence-corrected chi connectivity index (χ4v) is 5.31. The van der Waals surface area contributed by atoms with Crippen LogP contribution in [-0.2, 0) is 32.7 Å². The lowest BCUT2D eigenvalue weighted by molar-refractivity contribution is -0.870. The van der Waals surface area contributed by atoms with Gasteiger partial charge in [0.05, 0.1) is 27.7 Å². The number of hydrogen-bond acceptors (Lipinski definition) is 7. The quantitative estimate of drug-likeness (QED) is 0.0234. The van der Waals surface area contributed by atoms with Gasteiger partial charge in [-0.15, -0.1) is 0 Å². The van der Waals surface area contributed by atoms with Crippen molar-refractivity contribution < 1.29 is 42.1 Å². The Kier molecular flexibility index (Phi) is 31.1. The number of rotatable bonds is 33. The van der Waals surface area contributed by atoms with Crippen LogP contribution in [0.5, 0.6) is 0 Å². The average molecular weight is 725 g/mol. The molecule has 1 N–H and O–H groups in total. The highest BCUT2D eigenvalue weighted by molar-refractivity contribution is 7.47. The number of unbranched alkanes of at least 4 members (excludes halogenated alkanes) is 9. The van der Waals surface area contributed by atoms with Gasteiger partial charge >= 0.3 is 19.8 Å². The van der Waals surface area contributed by atoms with E-state index in [0.29, 0.717) is 17.4 Å².